The summed E-state index contributed by atoms with van der Waals surface area (Å²) in [6.07, 6.45) is 2.08. The summed E-state index contributed by atoms with van der Waals surface area (Å²) < 4.78 is 8.94. The molecular formula is C9H8O5. The van der Waals surface area contributed by atoms with Gasteiger partial charge in [-0.15, -0.1) is 0 Å². The van der Waals surface area contributed by atoms with Crippen LogP contribution in [0.3, 0.4) is 0 Å². The summed E-state index contributed by atoms with van der Waals surface area (Å²) in [7, 11) is 1.08. The summed E-state index contributed by atoms with van der Waals surface area (Å²) in [6, 6.07) is 3.00. The Bertz CT molecular complexity index is 361. The van der Waals surface area contributed by atoms with Gasteiger partial charge in [0.2, 0.25) is 0 Å². The highest BCUT2D eigenvalue weighted by molar-refractivity contribution is 6.39. The monoisotopic (exact) mass is 196 g/mol. The largest absolute Gasteiger partial charge is 0.504 e. The molecule has 0 unspecified atom stereocenters. The highest BCUT2D eigenvalue weighted by Gasteiger charge is 2.13. The molecule has 0 spiro atoms. The van der Waals surface area contributed by atoms with Crippen LogP contribution in [-0.4, -0.2) is 24.0 Å². The van der Waals surface area contributed by atoms with Crippen LogP contribution in [0.15, 0.2) is 28.9 Å². The van der Waals surface area contributed by atoms with Crippen LogP contribution in [0.25, 0.3) is 5.76 Å². The predicted octanol–water partition coefficient (Wildman–Crippen LogP) is 0.921. The molecule has 1 N–H and O–H groups in total. The van der Waals surface area contributed by atoms with Crippen LogP contribution in [0.5, 0.6) is 0 Å². The number of carbonyl (C=O) groups excluding carboxylic acids is 2. The second-order valence-corrected chi connectivity index (χ2v) is 2.36. The van der Waals surface area contributed by atoms with Gasteiger partial charge in [-0.25, -0.2) is 4.79 Å². The van der Waals surface area contributed by atoms with Crippen LogP contribution in [0.1, 0.15) is 5.76 Å². The molecule has 0 saturated carbocycles. The molecule has 5 nitrogen and oxygen atoms in total. The fourth-order valence-electron chi connectivity index (χ4n) is 0.779. The first-order valence-electron chi connectivity index (χ1n) is 3.72. The number of furan rings is 1. The van der Waals surface area contributed by atoms with Crippen LogP contribution in [0.2, 0.25) is 0 Å². The smallest absolute Gasteiger partial charge is 0.378 e. The molecule has 0 saturated heterocycles. The Morgan fingerprint density at radius 2 is 2.29 bits per heavy atom. The number of hydrogen-bond acceptors (Lipinski definition) is 5. The molecule has 0 amide bonds. The molecule has 1 rings (SSSR count). The highest BCUT2D eigenvalue weighted by atomic mass is 16.5. The molecule has 0 atom stereocenters. The third kappa shape index (κ3) is 2.22. The fraction of sp³-hybridized carbons (Fsp3) is 0.111. The van der Waals surface area contributed by atoms with E-state index in [1.54, 1.807) is 6.07 Å². The van der Waals surface area contributed by atoms with Gasteiger partial charge in [-0.3, -0.25) is 4.79 Å². The van der Waals surface area contributed by atoms with Crippen molar-refractivity contribution in [1.29, 1.82) is 0 Å². The van der Waals surface area contributed by atoms with E-state index in [-0.39, 0.29) is 5.76 Å². The maximum atomic E-state index is 10.9. The number of ether oxygens (including phenoxy) is 1. The van der Waals surface area contributed by atoms with E-state index >= 15 is 0 Å². The summed E-state index contributed by atoms with van der Waals surface area (Å²) in [5.41, 5.74) is 0. The van der Waals surface area contributed by atoms with Crippen LogP contribution < -0.4 is 0 Å². The number of hydrogen-bond donors (Lipinski definition) is 1. The summed E-state index contributed by atoms with van der Waals surface area (Å²) in [5.74, 6) is -2.28. The Hall–Kier alpha value is -2.04. The molecular weight excluding hydrogens is 188 g/mol. The summed E-state index contributed by atoms with van der Waals surface area (Å²) >= 11 is 0. The van der Waals surface area contributed by atoms with Gasteiger partial charge in [-0.2, -0.15) is 0 Å². The quantitative estimate of drug-likeness (QED) is 0.336. The lowest BCUT2D eigenvalue weighted by atomic mass is 10.3. The first-order valence-corrected chi connectivity index (χ1v) is 3.72. The van der Waals surface area contributed by atoms with E-state index in [4.69, 9.17) is 4.42 Å². The minimum atomic E-state index is -1.04. The van der Waals surface area contributed by atoms with Gasteiger partial charge in [-0.1, -0.05) is 0 Å². The Balaban J connectivity index is 2.79. The molecule has 0 aliphatic heterocycles. The van der Waals surface area contributed by atoms with E-state index in [1.165, 1.54) is 12.3 Å². The number of esters is 1. The van der Waals surface area contributed by atoms with Crippen molar-refractivity contribution in [3.8, 4) is 0 Å². The zero-order chi connectivity index (χ0) is 10.6. The third-order valence-corrected chi connectivity index (χ3v) is 1.43. The Kier molecular flexibility index (Phi) is 3.06. The molecule has 1 aromatic heterocycles. The lowest BCUT2D eigenvalue weighted by Crippen LogP contribution is -2.12. The number of ketones is 1. The number of carbonyl (C=O) groups is 2. The molecule has 5 heteroatoms. The van der Waals surface area contributed by atoms with E-state index < -0.39 is 17.5 Å². The second kappa shape index (κ2) is 4.27. The summed E-state index contributed by atoms with van der Waals surface area (Å²) in [5, 5.41) is 9.26. The first kappa shape index (κ1) is 10.0. The zero-order valence-electron chi connectivity index (χ0n) is 7.39. The molecule has 74 valence electrons. The van der Waals surface area contributed by atoms with Crippen molar-refractivity contribution in [3.05, 3.63) is 30.2 Å². The van der Waals surface area contributed by atoms with Crippen LogP contribution in [0, 0.1) is 0 Å². The first-order chi connectivity index (χ1) is 6.65. The van der Waals surface area contributed by atoms with E-state index in [2.05, 4.69) is 4.74 Å². The average Bonchev–Trinajstić information content (AvgIpc) is 2.69. The molecule has 1 aromatic rings. The normalized spacial score (nSPS) is 11.1. The number of aliphatic hydroxyl groups excluding tert-OH is 1. The number of aliphatic hydroxyl groups is 1. The SMILES string of the molecule is COC(=O)C(=O)C=C(O)c1ccco1. The van der Waals surface area contributed by atoms with Gasteiger partial charge in [0, 0.05) is 6.08 Å². The number of rotatable bonds is 3. The minimum absolute atomic E-state index is 0.113. The maximum absolute atomic E-state index is 10.9. The van der Waals surface area contributed by atoms with Gasteiger partial charge in [0.15, 0.2) is 11.5 Å². The molecule has 0 fully saturated rings. The zero-order valence-corrected chi connectivity index (χ0v) is 7.39. The standard InChI is InChI=1S/C9H8O5/c1-13-9(12)7(11)5-6(10)8-3-2-4-14-8/h2-5,10H,1H3. The van der Waals surface area contributed by atoms with Crippen molar-refractivity contribution in [2.75, 3.05) is 7.11 Å². The number of methoxy groups -OCH3 is 1. The molecule has 14 heavy (non-hydrogen) atoms. The van der Waals surface area contributed by atoms with Crippen molar-refractivity contribution < 1.29 is 23.8 Å². The molecule has 0 radical (unpaired) electrons. The van der Waals surface area contributed by atoms with E-state index in [0.717, 1.165) is 13.2 Å². The topological polar surface area (TPSA) is 76.7 Å². The third-order valence-electron chi connectivity index (χ3n) is 1.43. The highest BCUT2D eigenvalue weighted by Crippen LogP contribution is 2.10. The van der Waals surface area contributed by atoms with Crippen molar-refractivity contribution in [2.24, 2.45) is 0 Å². The van der Waals surface area contributed by atoms with Gasteiger partial charge < -0.3 is 14.3 Å². The van der Waals surface area contributed by atoms with E-state index in [0.29, 0.717) is 0 Å². The fourth-order valence-corrected chi connectivity index (χ4v) is 0.779. The Morgan fingerprint density at radius 1 is 1.57 bits per heavy atom. The average molecular weight is 196 g/mol. The second-order valence-electron chi connectivity index (χ2n) is 2.36. The molecule has 0 aliphatic carbocycles. The van der Waals surface area contributed by atoms with Gasteiger partial charge in [-0.05, 0) is 12.1 Å². The van der Waals surface area contributed by atoms with Crippen molar-refractivity contribution >= 4 is 17.5 Å². The lowest BCUT2D eigenvalue weighted by Gasteiger charge is -1.94. The van der Waals surface area contributed by atoms with Crippen molar-refractivity contribution in [3.63, 3.8) is 0 Å². The van der Waals surface area contributed by atoms with Gasteiger partial charge in [0.25, 0.3) is 5.78 Å². The van der Waals surface area contributed by atoms with E-state index in [9.17, 15) is 14.7 Å². The van der Waals surface area contributed by atoms with Gasteiger partial charge >= 0.3 is 5.97 Å². The molecule has 0 aliphatic rings. The van der Waals surface area contributed by atoms with Gasteiger partial charge in [0.05, 0.1) is 13.4 Å². The van der Waals surface area contributed by atoms with Crippen molar-refractivity contribution in [1.82, 2.24) is 0 Å². The Labute approximate surface area is 79.6 Å². The molecule has 0 aromatic carbocycles. The van der Waals surface area contributed by atoms with E-state index in [1.807, 2.05) is 0 Å². The summed E-state index contributed by atoms with van der Waals surface area (Å²) in [6.45, 7) is 0. The minimum Gasteiger partial charge on any atom is -0.504 e. The Morgan fingerprint density at radius 3 is 2.79 bits per heavy atom. The van der Waals surface area contributed by atoms with Crippen molar-refractivity contribution in [2.45, 2.75) is 0 Å². The maximum Gasteiger partial charge on any atom is 0.378 e. The summed E-state index contributed by atoms with van der Waals surface area (Å²) in [4.78, 5) is 21.6. The van der Waals surface area contributed by atoms with Crippen LogP contribution in [0.4, 0.5) is 0 Å². The van der Waals surface area contributed by atoms with Crippen LogP contribution >= 0.6 is 0 Å². The lowest BCUT2D eigenvalue weighted by molar-refractivity contribution is -0.149. The predicted molar refractivity (Wildman–Crippen MR) is 46.3 cm³/mol. The molecule has 1 heterocycles. The van der Waals surface area contributed by atoms with Gasteiger partial charge in [0.1, 0.15) is 0 Å². The van der Waals surface area contributed by atoms with Crippen LogP contribution in [-0.2, 0) is 14.3 Å². The molecule has 0 bridgehead atoms.